The summed E-state index contributed by atoms with van der Waals surface area (Å²) in [5.41, 5.74) is 1.03. The molecular weight excluding hydrogens is 286 g/mol. The van der Waals surface area contributed by atoms with Crippen LogP contribution in [0, 0.1) is 6.92 Å². The summed E-state index contributed by atoms with van der Waals surface area (Å²) in [6, 6.07) is 4.70. The largest absolute Gasteiger partial charge is 0.478 e. The molecule has 6 nitrogen and oxygen atoms in total. The van der Waals surface area contributed by atoms with Crippen molar-refractivity contribution in [3.63, 3.8) is 0 Å². The van der Waals surface area contributed by atoms with Crippen molar-refractivity contribution in [2.75, 3.05) is 19.8 Å². The molecule has 1 aromatic rings. The Bertz CT molecular complexity index is 564. The number of rotatable bonds is 5. The number of aliphatic hydroxyl groups is 1. The maximum absolute atomic E-state index is 12.2. The number of hydrogen-bond donors (Lipinski definition) is 3. The molecule has 0 aromatic heterocycles. The van der Waals surface area contributed by atoms with E-state index in [1.165, 1.54) is 6.07 Å². The molecule has 22 heavy (non-hydrogen) atoms. The van der Waals surface area contributed by atoms with Gasteiger partial charge >= 0.3 is 5.97 Å². The minimum atomic E-state index is -0.988. The third-order valence-electron chi connectivity index (χ3n) is 3.97. The molecular formula is C16H21NO5. The van der Waals surface area contributed by atoms with E-state index in [9.17, 15) is 14.7 Å². The number of aryl methyl sites for hydroxylation is 1. The second kappa shape index (κ2) is 6.89. The molecule has 1 saturated heterocycles. The number of aromatic carboxylic acids is 1. The second-order valence-corrected chi connectivity index (χ2v) is 5.77. The van der Waals surface area contributed by atoms with Gasteiger partial charge in [0, 0.05) is 6.61 Å². The van der Waals surface area contributed by atoms with Crippen molar-refractivity contribution in [3.8, 4) is 0 Å². The molecule has 3 N–H and O–H groups in total. The predicted octanol–water partition coefficient (Wildman–Crippen LogP) is 0.893. The summed E-state index contributed by atoms with van der Waals surface area (Å²) in [6.07, 6.45) is 1.63. The van der Waals surface area contributed by atoms with Crippen molar-refractivity contribution >= 4 is 11.9 Å². The Morgan fingerprint density at radius 1 is 1.41 bits per heavy atom. The van der Waals surface area contributed by atoms with Crippen LogP contribution in [0.5, 0.6) is 0 Å². The second-order valence-electron chi connectivity index (χ2n) is 5.77. The molecule has 0 saturated carbocycles. The monoisotopic (exact) mass is 307 g/mol. The summed E-state index contributed by atoms with van der Waals surface area (Å²) in [7, 11) is 0. The van der Waals surface area contributed by atoms with Gasteiger partial charge in [0.1, 0.15) is 0 Å². The van der Waals surface area contributed by atoms with Crippen LogP contribution in [0.2, 0.25) is 0 Å². The average Bonchev–Trinajstić information content (AvgIpc) is 2.50. The van der Waals surface area contributed by atoms with Crippen molar-refractivity contribution in [1.29, 1.82) is 0 Å². The number of carboxylic acids is 1. The first kappa shape index (κ1) is 16.5. The van der Waals surface area contributed by atoms with Crippen LogP contribution in [0.3, 0.4) is 0 Å². The Balaban J connectivity index is 2.04. The number of hydrogen-bond acceptors (Lipinski definition) is 4. The van der Waals surface area contributed by atoms with Crippen LogP contribution in [-0.2, 0) is 16.0 Å². The molecule has 1 aliphatic heterocycles. The molecule has 1 atom stereocenters. The van der Waals surface area contributed by atoms with Crippen molar-refractivity contribution in [1.82, 2.24) is 5.32 Å². The van der Waals surface area contributed by atoms with E-state index < -0.39 is 11.5 Å². The highest BCUT2D eigenvalue weighted by atomic mass is 16.5. The zero-order chi connectivity index (χ0) is 16.2. The summed E-state index contributed by atoms with van der Waals surface area (Å²) in [5.74, 6) is -1.19. The van der Waals surface area contributed by atoms with E-state index in [1.807, 2.05) is 0 Å². The number of carbonyl (C=O) groups excluding carboxylic acids is 1. The summed E-state index contributed by atoms with van der Waals surface area (Å²) in [4.78, 5) is 23.1. The van der Waals surface area contributed by atoms with Crippen LogP contribution in [0.15, 0.2) is 18.2 Å². The molecule has 1 aliphatic rings. The average molecular weight is 307 g/mol. The van der Waals surface area contributed by atoms with E-state index in [0.717, 1.165) is 17.5 Å². The lowest BCUT2D eigenvalue weighted by Crippen LogP contribution is -2.56. The summed E-state index contributed by atoms with van der Waals surface area (Å²) in [6.45, 7) is 2.58. The van der Waals surface area contributed by atoms with E-state index in [0.29, 0.717) is 19.6 Å². The zero-order valence-electron chi connectivity index (χ0n) is 12.6. The van der Waals surface area contributed by atoms with Gasteiger partial charge in [-0.3, -0.25) is 4.79 Å². The Morgan fingerprint density at radius 3 is 2.73 bits per heavy atom. The first-order valence-corrected chi connectivity index (χ1v) is 7.28. The number of benzene rings is 1. The summed E-state index contributed by atoms with van der Waals surface area (Å²) < 4.78 is 5.35. The molecule has 0 aliphatic carbocycles. The maximum atomic E-state index is 12.2. The zero-order valence-corrected chi connectivity index (χ0v) is 12.6. The van der Waals surface area contributed by atoms with Crippen molar-refractivity contribution in [2.45, 2.75) is 31.7 Å². The number of amides is 1. The van der Waals surface area contributed by atoms with Crippen LogP contribution in [0.25, 0.3) is 0 Å². The predicted molar refractivity (Wildman–Crippen MR) is 79.9 cm³/mol. The van der Waals surface area contributed by atoms with Gasteiger partial charge in [0.05, 0.1) is 30.7 Å². The molecule has 2 rings (SSSR count). The fraction of sp³-hybridized carbons (Fsp3) is 0.500. The quantitative estimate of drug-likeness (QED) is 0.751. The molecule has 120 valence electrons. The van der Waals surface area contributed by atoms with E-state index >= 15 is 0 Å². The highest BCUT2D eigenvalue weighted by Crippen LogP contribution is 2.19. The molecule has 1 aromatic carbocycles. The lowest BCUT2D eigenvalue weighted by Gasteiger charge is -2.36. The standard InChI is InChI=1S/C16H21NO5/c1-11-7-13(15(20)21)4-3-12(11)8-14(19)17-16(9-18)5-2-6-22-10-16/h3-4,7,18H,2,5-6,8-10H2,1H3,(H,17,19)(H,20,21). The van der Waals surface area contributed by atoms with Gasteiger partial charge in [-0.2, -0.15) is 0 Å². The Labute approximate surface area is 129 Å². The van der Waals surface area contributed by atoms with Gasteiger partial charge in [0.15, 0.2) is 0 Å². The van der Waals surface area contributed by atoms with E-state index in [1.54, 1.807) is 19.1 Å². The molecule has 0 spiro atoms. The van der Waals surface area contributed by atoms with Gasteiger partial charge in [-0.1, -0.05) is 6.07 Å². The fourth-order valence-electron chi connectivity index (χ4n) is 2.66. The maximum Gasteiger partial charge on any atom is 0.335 e. The lowest BCUT2D eigenvalue weighted by molar-refractivity contribution is -0.125. The minimum Gasteiger partial charge on any atom is -0.478 e. The van der Waals surface area contributed by atoms with E-state index in [-0.39, 0.29) is 24.5 Å². The molecule has 6 heteroatoms. The molecule has 0 bridgehead atoms. The van der Waals surface area contributed by atoms with Crippen molar-refractivity contribution in [3.05, 3.63) is 34.9 Å². The third-order valence-corrected chi connectivity index (χ3v) is 3.97. The van der Waals surface area contributed by atoms with E-state index in [2.05, 4.69) is 5.32 Å². The van der Waals surface area contributed by atoms with Crippen LogP contribution in [-0.4, -0.2) is 47.4 Å². The normalized spacial score (nSPS) is 21.4. The smallest absolute Gasteiger partial charge is 0.335 e. The SMILES string of the molecule is Cc1cc(C(=O)O)ccc1CC(=O)NC1(CO)CCCOC1. The number of carboxylic acid groups (broad SMARTS) is 1. The fourth-order valence-corrected chi connectivity index (χ4v) is 2.66. The van der Waals surface area contributed by atoms with Gasteiger partial charge in [0.25, 0.3) is 0 Å². The number of carbonyl (C=O) groups is 2. The van der Waals surface area contributed by atoms with Crippen LogP contribution in [0.4, 0.5) is 0 Å². The Kier molecular flexibility index (Phi) is 5.15. The highest BCUT2D eigenvalue weighted by Gasteiger charge is 2.33. The van der Waals surface area contributed by atoms with Crippen LogP contribution in [0.1, 0.15) is 34.3 Å². The Hall–Kier alpha value is -1.92. The minimum absolute atomic E-state index is 0.146. The van der Waals surface area contributed by atoms with Gasteiger partial charge < -0.3 is 20.3 Å². The molecule has 1 fully saturated rings. The van der Waals surface area contributed by atoms with Crippen LogP contribution < -0.4 is 5.32 Å². The Morgan fingerprint density at radius 2 is 2.18 bits per heavy atom. The number of nitrogens with one attached hydrogen (secondary N) is 1. The van der Waals surface area contributed by atoms with E-state index in [4.69, 9.17) is 9.84 Å². The molecule has 1 unspecified atom stereocenters. The topological polar surface area (TPSA) is 95.9 Å². The number of ether oxygens (including phenoxy) is 1. The van der Waals surface area contributed by atoms with Gasteiger partial charge in [-0.15, -0.1) is 0 Å². The third kappa shape index (κ3) is 3.84. The molecule has 1 heterocycles. The molecule has 0 radical (unpaired) electrons. The molecule has 1 amide bonds. The number of aliphatic hydroxyl groups excluding tert-OH is 1. The lowest BCUT2D eigenvalue weighted by atomic mass is 9.92. The van der Waals surface area contributed by atoms with Crippen molar-refractivity contribution < 1.29 is 24.5 Å². The summed E-state index contributed by atoms with van der Waals surface area (Å²) in [5, 5.41) is 21.4. The van der Waals surface area contributed by atoms with Crippen LogP contribution >= 0.6 is 0 Å². The van der Waals surface area contributed by atoms with Gasteiger partial charge in [-0.05, 0) is 43.0 Å². The first-order chi connectivity index (χ1) is 10.5. The van der Waals surface area contributed by atoms with Gasteiger partial charge in [-0.25, -0.2) is 4.79 Å². The van der Waals surface area contributed by atoms with Gasteiger partial charge in [0.2, 0.25) is 5.91 Å². The van der Waals surface area contributed by atoms with Crippen molar-refractivity contribution in [2.24, 2.45) is 0 Å². The first-order valence-electron chi connectivity index (χ1n) is 7.28. The highest BCUT2D eigenvalue weighted by molar-refractivity contribution is 5.88. The summed E-state index contributed by atoms with van der Waals surface area (Å²) >= 11 is 0.